The van der Waals surface area contributed by atoms with Gasteiger partial charge in [-0.2, -0.15) is 0 Å². The summed E-state index contributed by atoms with van der Waals surface area (Å²) < 4.78 is 0. The van der Waals surface area contributed by atoms with E-state index in [-0.39, 0.29) is 5.78 Å². The highest BCUT2D eigenvalue weighted by atomic mass is 33.1. The van der Waals surface area contributed by atoms with Gasteiger partial charge in [-0.05, 0) is 113 Å². The van der Waals surface area contributed by atoms with Crippen molar-refractivity contribution in [2.75, 3.05) is 0 Å². The zero-order valence-corrected chi connectivity index (χ0v) is 39.5. The quantitative estimate of drug-likeness (QED) is 0.0406. The summed E-state index contributed by atoms with van der Waals surface area (Å²) in [7, 11) is -1.78. The Morgan fingerprint density at radius 3 is 1.42 bits per heavy atom. The Kier molecular flexibility index (Phi) is 13.3. The average molecular weight is 813 g/mol. The molecular weight excluding hydrogens is 753 g/mol. The summed E-state index contributed by atoms with van der Waals surface area (Å²) in [5.74, 6) is 0.137. The molecule has 0 amide bonds. The van der Waals surface area contributed by atoms with Crippen LogP contribution in [0.1, 0.15) is 100 Å². The van der Waals surface area contributed by atoms with Crippen molar-refractivity contribution >= 4 is 98.8 Å². The standard InChI is InChI=1S/C46H60OS4Si2/c1-27(2)52(28(3)4,29(5)6)45-39-25-24-37(36-19-15-17-21-42(36)51-49)43(33(13)47)44(39)46(53(30(7)8,31(9)10)32(11)12)38-23-22-34(26-40(38)45)35-18-14-16-20-41(35)50-48/h14-32,48-49H,1-13H3. The number of hydrogen-bond acceptors (Lipinski definition) is 5. The predicted molar refractivity (Wildman–Crippen MR) is 253 cm³/mol. The van der Waals surface area contributed by atoms with E-state index in [0.717, 1.165) is 26.5 Å². The number of thiol groups is 2. The third kappa shape index (κ3) is 6.86. The monoisotopic (exact) mass is 812 g/mol. The number of rotatable bonds is 13. The van der Waals surface area contributed by atoms with Gasteiger partial charge in [0.05, 0.1) is 16.1 Å². The number of carbonyl (C=O) groups is 1. The second-order valence-electron chi connectivity index (χ2n) is 16.9. The van der Waals surface area contributed by atoms with Crippen molar-refractivity contribution in [3.63, 3.8) is 0 Å². The Labute approximate surface area is 340 Å². The largest absolute Gasteiger partial charge is 0.294 e. The molecule has 5 aromatic rings. The van der Waals surface area contributed by atoms with Crippen LogP contribution in [0.4, 0.5) is 0 Å². The summed E-state index contributed by atoms with van der Waals surface area (Å²) >= 11 is 9.39. The molecule has 0 N–H and O–H groups in total. The molecule has 7 heteroatoms. The van der Waals surface area contributed by atoms with Crippen LogP contribution in [0.2, 0.25) is 33.2 Å². The Balaban J connectivity index is 2.26. The van der Waals surface area contributed by atoms with Gasteiger partial charge in [-0.25, -0.2) is 0 Å². The van der Waals surface area contributed by atoms with E-state index in [9.17, 15) is 4.79 Å². The molecule has 0 saturated heterocycles. The van der Waals surface area contributed by atoms with Crippen LogP contribution in [-0.2, 0) is 0 Å². The van der Waals surface area contributed by atoms with Gasteiger partial charge in [-0.1, -0.05) is 165 Å². The topological polar surface area (TPSA) is 17.1 Å². The van der Waals surface area contributed by atoms with E-state index in [2.05, 4.69) is 162 Å². The summed E-state index contributed by atoms with van der Waals surface area (Å²) in [6, 6.07) is 29.2. The van der Waals surface area contributed by atoms with Gasteiger partial charge in [-0.15, -0.1) is 23.3 Å². The van der Waals surface area contributed by atoms with Gasteiger partial charge in [0.2, 0.25) is 0 Å². The molecule has 0 spiro atoms. The summed E-state index contributed by atoms with van der Waals surface area (Å²) in [6.45, 7) is 31.4. The minimum Gasteiger partial charge on any atom is -0.294 e. The van der Waals surface area contributed by atoms with Crippen molar-refractivity contribution in [1.82, 2.24) is 0 Å². The van der Waals surface area contributed by atoms with E-state index >= 15 is 0 Å². The lowest BCUT2D eigenvalue weighted by atomic mass is 9.89. The van der Waals surface area contributed by atoms with E-state index in [4.69, 9.17) is 23.3 Å². The summed E-state index contributed by atoms with van der Waals surface area (Å²) in [6.07, 6.45) is 0. The Morgan fingerprint density at radius 1 is 0.509 bits per heavy atom. The highest BCUT2D eigenvalue weighted by Crippen LogP contribution is 2.50. The first-order valence-corrected chi connectivity index (χ1v) is 27.6. The molecule has 282 valence electrons. The van der Waals surface area contributed by atoms with Crippen LogP contribution in [0, 0.1) is 0 Å². The molecule has 0 aliphatic carbocycles. The van der Waals surface area contributed by atoms with Crippen LogP contribution < -0.4 is 10.4 Å². The lowest BCUT2D eigenvalue weighted by molar-refractivity contribution is 0.102. The van der Waals surface area contributed by atoms with Crippen LogP contribution in [-0.4, -0.2) is 21.9 Å². The maximum atomic E-state index is 14.6. The maximum absolute atomic E-state index is 14.6. The van der Waals surface area contributed by atoms with Crippen molar-refractivity contribution in [1.29, 1.82) is 0 Å². The van der Waals surface area contributed by atoms with Crippen LogP contribution in [0.3, 0.4) is 0 Å². The number of benzene rings is 5. The fourth-order valence-electron chi connectivity index (χ4n) is 11.3. The SMILES string of the molecule is CC(=O)c1c(-c2ccccc2SS)ccc2c([Si](C(C)C)(C(C)C)C(C)C)c3cc(-c4ccccc4SS)ccc3c([Si](C(C)C)(C(C)C)C(C)C)c12. The molecule has 0 aromatic heterocycles. The number of hydrogen-bond donors (Lipinski definition) is 2. The molecule has 1 nitrogen and oxygen atoms in total. The molecule has 0 atom stereocenters. The Hall–Kier alpha value is -1.88. The molecule has 0 heterocycles. The van der Waals surface area contributed by atoms with Crippen LogP contribution in [0.5, 0.6) is 0 Å². The summed E-state index contributed by atoms with van der Waals surface area (Å²) in [4.78, 5) is 16.9. The number of ketones is 1. The summed E-state index contributed by atoms with van der Waals surface area (Å²) in [5.41, 5.74) is 8.22. The van der Waals surface area contributed by atoms with Gasteiger partial charge >= 0.3 is 0 Å². The van der Waals surface area contributed by atoms with Crippen LogP contribution in [0.15, 0.2) is 88.7 Å². The third-order valence-electron chi connectivity index (χ3n) is 12.8. The van der Waals surface area contributed by atoms with Gasteiger partial charge in [0.25, 0.3) is 0 Å². The maximum Gasteiger partial charge on any atom is 0.161 e. The highest BCUT2D eigenvalue weighted by Gasteiger charge is 2.50. The van der Waals surface area contributed by atoms with Gasteiger partial charge in [0.1, 0.15) is 0 Å². The van der Waals surface area contributed by atoms with Crippen molar-refractivity contribution in [2.45, 2.75) is 133 Å². The van der Waals surface area contributed by atoms with Gasteiger partial charge in [0, 0.05) is 15.4 Å². The van der Waals surface area contributed by atoms with Gasteiger partial charge in [0.15, 0.2) is 5.78 Å². The second-order valence-corrected chi connectivity index (χ2v) is 30.9. The molecule has 0 aliphatic heterocycles. The first kappa shape index (κ1) is 42.3. The number of carbonyl (C=O) groups excluding carboxylic acids is 1. The highest BCUT2D eigenvalue weighted by molar-refractivity contribution is 8.69. The molecular formula is C46H60OS4Si2. The van der Waals surface area contributed by atoms with Crippen molar-refractivity contribution in [2.24, 2.45) is 0 Å². The van der Waals surface area contributed by atoms with Gasteiger partial charge in [-0.3, -0.25) is 4.79 Å². The molecule has 53 heavy (non-hydrogen) atoms. The lowest BCUT2D eigenvalue weighted by Gasteiger charge is -2.48. The van der Waals surface area contributed by atoms with E-state index in [1.165, 1.54) is 64.6 Å². The van der Waals surface area contributed by atoms with Gasteiger partial charge < -0.3 is 0 Å². The molecule has 0 saturated carbocycles. The third-order valence-corrected chi connectivity index (χ3v) is 29.3. The number of fused-ring (bicyclic) bond motifs is 2. The van der Waals surface area contributed by atoms with Crippen LogP contribution in [0.25, 0.3) is 43.8 Å². The van der Waals surface area contributed by atoms with E-state index in [1.807, 2.05) is 0 Å². The van der Waals surface area contributed by atoms with E-state index in [0.29, 0.717) is 33.2 Å². The Morgan fingerprint density at radius 2 is 0.943 bits per heavy atom. The second kappa shape index (κ2) is 16.7. The molecule has 0 fully saturated rings. The van der Waals surface area contributed by atoms with Crippen molar-refractivity contribution < 1.29 is 4.79 Å². The normalized spacial score (nSPS) is 12.9. The van der Waals surface area contributed by atoms with Crippen LogP contribution >= 0.6 is 44.9 Å². The molecule has 0 unspecified atom stereocenters. The van der Waals surface area contributed by atoms with Crippen molar-refractivity contribution in [3.05, 3.63) is 84.4 Å². The molecule has 0 radical (unpaired) electrons. The number of Topliss-reactive ketones (excluding diaryl/α,β-unsaturated/α-hetero) is 1. The summed E-state index contributed by atoms with van der Waals surface area (Å²) in [5, 5.41) is 8.33. The molecule has 5 aromatic carbocycles. The fourth-order valence-corrected chi connectivity index (χ4v) is 27.3. The average Bonchev–Trinajstić information content (AvgIpc) is 3.10. The molecule has 0 bridgehead atoms. The van der Waals surface area contributed by atoms with E-state index in [1.54, 1.807) is 6.92 Å². The lowest BCUT2D eigenvalue weighted by Crippen LogP contribution is -2.59. The zero-order valence-electron chi connectivity index (χ0n) is 34.1. The Bertz CT molecular complexity index is 2090. The van der Waals surface area contributed by atoms with Crippen molar-refractivity contribution in [3.8, 4) is 22.3 Å². The zero-order chi connectivity index (χ0) is 39.2. The minimum absolute atomic E-state index is 0.137. The first-order chi connectivity index (χ1) is 25.0. The first-order valence-electron chi connectivity index (χ1n) is 19.4. The molecule has 5 rings (SSSR count). The minimum atomic E-state index is -2.41. The fraction of sp³-hybridized carbons (Fsp3) is 0.413. The molecule has 0 aliphatic rings. The van der Waals surface area contributed by atoms with E-state index < -0.39 is 16.1 Å². The predicted octanol–water partition coefficient (Wildman–Crippen LogP) is 15.2. The smallest absolute Gasteiger partial charge is 0.161 e.